The van der Waals surface area contributed by atoms with Crippen molar-refractivity contribution in [3.8, 4) is 5.75 Å². The van der Waals surface area contributed by atoms with Crippen LogP contribution in [0.2, 0.25) is 0 Å². The highest BCUT2D eigenvalue weighted by Gasteiger charge is 2.43. The lowest BCUT2D eigenvalue weighted by Gasteiger charge is -2.44. The maximum Gasteiger partial charge on any atom is 0.321 e. The number of benzene rings is 1. The summed E-state index contributed by atoms with van der Waals surface area (Å²) in [6.45, 7) is 1.55. The number of esters is 1. The molecule has 0 N–H and O–H groups in total. The second-order valence-corrected chi connectivity index (χ2v) is 9.53. The van der Waals surface area contributed by atoms with Crippen LogP contribution in [0.15, 0.2) is 47.6 Å². The molecule has 2 aliphatic heterocycles. The number of piperidine rings is 1. The summed E-state index contributed by atoms with van der Waals surface area (Å²) < 4.78 is 38.7. The summed E-state index contributed by atoms with van der Waals surface area (Å²) in [5, 5.41) is 0. The average molecular weight is 433 g/mol. The molecule has 1 fully saturated rings. The highest BCUT2D eigenvalue weighted by atomic mass is 32.2. The van der Waals surface area contributed by atoms with E-state index in [9.17, 15) is 13.2 Å². The van der Waals surface area contributed by atoms with E-state index in [2.05, 4.69) is 14.9 Å². The fourth-order valence-electron chi connectivity index (χ4n) is 3.94. The van der Waals surface area contributed by atoms with Crippen molar-refractivity contribution in [3.05, 3.63) is 42.7 Å². The summed E-state index contributed by atoms with van der Waals surface area (Å²) in [7, 11) is -2.67. The molecular weight excluding hydrogens is 408 g/mol. The molecule has 9 nitrogen and oxygen atoms in total. The molecule has 1 saturated heterocycles. The molecule has 0 amide bonds. The van der Waals surface area contributed by atoms with Crippen LogP contribution in [0.25, 0.3) is 0 Å². The lowest BCUT2D eigenvalue weighted by molar-refractivity contribution is -0.141. The van der Waals surface area contributed by atoms with Gasteiger partial charge in [-0.1, -0.05) is 12.1 Å². The van der Waals surface area contributed by atoms with E-state index in [-0.39, 0.29) is 18.0 Å². The van der Waals surface area contributed by atoms with E-state index >= 15 is 0 Å². The molecule has 2 aliphatic rings. The molecule has 10 heteroatoms. The first kappa shape index (κ1) is 20.5. The quantitative estimate of drug-likeness (QED) is 0.670. The number of nitrogens with zero attached hydrogens (tertiary/aromatic N) is 4. The lowest BCUT2D eigenvalue weighted by Crippen LogP contribution is -2.52. The number of hydrogen-bond donors (Lipinski definition) is 0. The van der Waals surface area contributed by atoms with Crippen molar-refractivity contribution in [1.29, 1.82) is 0 Å². The van der Waals surface area contributed by atoms with E-state index in [4.69, 9.17) is 9.47 Å². The van der Waals surface area contributed by atoms with Crippen molar-refractivity contribution in [2.75, 3.05) is 44.8 Å². The molecule has 0 radical (unpaired) electrons. The van der Waals surface area contributed by atoms with Gasteiger partial charge in [0.05, 0.1) is 13.7 Å². The van der Waals surface area contributed by atoms with Gasteiger partial charge in [-0.25, -0.2) is 18.4 Å². The molecule has 0 aliphatic carbocycles. The molecule has 0 unspecified atom stereocenters. The predicted molar refractivity (Wildman–Crippen MR) is 109 cm³/mol. The van der Waals surface area contributed by atoms with Crippen LogP contribution < -0.4 is 9.64 Å². The highest BCUT2D eigenvalue weighted by Crippen LogP contribution is 2.39. The number of aromatic nitrogens is 2. The summed E-state index contributed by atoms with van der Waals surface area (Å²) in [5.41, 5.74) is -0.431. The molecule has 0 bridgehead atoms. The van der Waals surface area contributed by atoms with Gasteiger partial charge >= 0.3 is 5.97 Å². The Labute approximate surface area is 175 Å². The van der Waals surface area contributed by atoms with Gasteiger partial charge in [0.15, 0.2) is 0 Å². The van der Waals surface area contributed by atoms with Crippen molar-refractivity contribution < 1.29 is 22.7 Å². The molecule has 1 spiro atoms. The van der Waals surface area contributed by atoms with E-state index in [0.29, 0.717) is 44.2 Å². The third-order valence-electron chi connectivity index (χ3n) is 5.70. The van der Waals surface area contributed by atoms with Gasteiger partial charge < -0.3 is 14.4 Å². The minimum absolute atomic E-state index is 0.0684. The first-order valence-electron chi connectivity index (χ1n) is 9.74. The zero-order chi connectivity index (χ0) is 21.2. The highest BCUT2D eigenvalue weighted by molar-refractivity contribution is 7.89. The number of sulfonamides is 1. The van der Waals surface area contributed by atoms with Crippen molar-refractivity contribution in [2.24, 2.45) is 5.41 Å². The van der Waals surface area contributed by atoms with Crippen LogP contribution in [-0.4, -0.2) is 68.6 Å². The Hall–Kier alpha value is -2.72. The van der Waals surface area contributed by atoms with Crippen LogP contribution in [0.3, 0.4) is 0 Å². The lowest BCUT2D eigenvalue weighted by atomic mass is 9.79. The summed E-state index contributed by atoms with van der Waals surface area (Å²) >= 11 is 0. The van der Waals surface area contributed by atoms with E-state index in [1.807, 2.05) is 0 Å². The fourth-order valence-corrected chi connectivity index (χ4v) is 5.57. The monoisotopic (exact) mass is 432 g/mol. The number of methoxy groups -OCH3 is 1. The maximum absolute atomic E-state index is 13.3. The van der Waals surface area contributed by atoms with Gasteiger partial charge in [0.25, 0.3) is 0 Å². The van der Waals surface area contributed by atoms with E-state index in [1.54, 1.807) is 36.7 Å². The molecule has 160 valence electrons. The number of anilines is 1. The molecule has 30 heavy (non-hydrogen) atoms. The topological polar surface area (TPSA) is 102 Å². The van der Waals surface area contributed by atoms with Crippen molar-refractivity contribution in [3.63, 3.8) is 0 Å². The number of fused-ring (bicyclic) bond motifs is 1. The van der Waals surface area contributed by atoms with Gasteiger partial charge in [0, 0.05) is 37.4 Å². The maximum atomic E-state index is 13.3. The molecule has 3 heterocycles. The largest absolute Gasteiger partial charge is 0.492 e. The van der Waals surface area contributed by atoms with Crippen molar-refractivity contribution in [1.82, 2.24) is 14.3 Å². The Morgan fingerprint density at radius 2 is 1.87 bits per heavy atom. The number of carbonyl (C=O) groups excluding carboxylic acids is 1. The van der Waals surface area contributed by atoms with Gasteiger partial charge in [-0.2, -0.15) is 4.31 Å². The summed E-state index contributed by atoms with van der Waals surface area (Å²) in [5.74, 6) is 0.367. The Kier molecular flexibility index (Phi) is 5.61. The van der Waals surface area contributed by atoms with E-state index in [0.717, 1.165) is 0 Å². The van der Waals surface area contributed by atoms with Crippen molar-refractivity contribution in [2.45, 2.75) is 17.7 Å². The summed E-state index contributed by atoms with van der Waals surface area (Å²) in [6, 6.07) is 8.30. The number of hydrogen-bond acceptors (Lipinski definition) is 8. The third-order valence-corrected chi connectivity index (χ3v) is 7.54. The third kappa shape index (κ3) is 3.97. The number of rotatable bonds is 3. The van der Waals surface area contributed by atoms with Crippen LogP contribution in [0.4, 0.5) is 5.95 Å². The second-order valence-electron chi connectivity index (χ2n) is 7.62. The molecule has 0 saturated carbocycles. The van der Waals surface area contributed by atoms with Gasteiger partial charge in [0.2, 0.25) is 16.0 Å². The molecule has 4 rings (SSSR count). The zero-order valence-corrected chi connectivity index (χ0v) is 17.5. The van der Waals surface area contributed by atoms with E-state index in [1.165, 1.54) is 17.5 Å². The van der Waals surface area contributed by atoms with Gasteiger partial charge in [-0.3, -0.25) is 4.79 Å². The minimum Gasteiger partial charge on any atom is -0.492 e. The molecule has 1 aromatic carbocycles. The van der Waals surface area contributed by atoms with Gasteiger partial charge in [-0.15, -0.1) is 0 Å². The molecule has 1 aromatic heterocycles. The Balaban J connectivity index is 1.63. The SMILES string of the molecule is COC(=O)CN1CC2(CCN(c3ncccn3)CC2)COc2ccccc2S1(=O)=O. The van der Waals surface area contributed by atoms with Gasteiger partial charge in [0.1, 0.15) is 17.2 Å². The first-order chi connectivity index (χ1) is 14.4. The van der Waals surface area contributed by atoms with Gasteiger partial charge in [-0.05, 0) is 31.0 Å². The number of para-hydroxylation sites is 1. The fraction of sp³-hybridized carbons (Fsp3) is 0.450. The molecular formula is C20H24N4O5S. The van der Waals surface area contributed by atoms with Crippen LogP contribution in [0, 0.1) is 5.41 Å². The zero-order valence-electron chi connectivity index (χ0n) is 16.7. The standard InChI is InChI=1S/C20H24N4O5S/c1-28-18(25)13-24-14-20(7-11-23(12-8-20)19-21-9-4-10-22-19)15-29-16-5-2-3-6-17(16)30(24,26)27/h2-6,9-10H,7-8,11-15H2,1H3. The Morgan fingerprint density at radius 1 is 1.17 bits per heavy atom. The second kappa shape index (κ2) is 8.19. The van der Waals surface area contributed by atoms with E-state index < -0.39 is 21.4 Å². The Morgan fingerprint density at radius 3 is 2.57 bits per heavy atom. The summed E-state index contributed by atoms with van der Waals surface area (Å²) in [4.78, 5) is 22.8. The smallest absolute Gasteiger partial charge is 0.321 e. The number of ether oxygens (including phenoxy) is 2. The minimum atomic E-state index is -3.92. The summed E-state index contributed by atoms with van der Waals surface area (Å²) in [6.07, 6.45) is 4.77. The molecule has 0 atom stereocenters. The predicted octanol–water partition coefficient (Wildman–Crippen LogP) is 1.32. The normalized spacial score (nSPS) is 20.5. The first-order valence-corrected chi connectivity index (χ1v) is 11.2. The van der Waals surface area contributed by atoms with Crippen LogP contribution >= 0.6 is 0 Å². The Bertz CT molecular complexity index is 1010. The average Bonchev–Trinajstić information content (AvgIpc) is 2.78. The van der Waals surface area contributed by atoms with Crippen LogP contribution in [-0.2, 0) is 19.6 Å². The number of carbonyl (C=O) groups is 1. The van der Waals surface area contributed by atoms with Crippen LogP contribution in [0.5, 0.6) is 5.75 Å². The van der Waals surface area contributed by atoms with Crippen LogP contribution in [0.1, 0.15) is 12.8 Å². The van der Waals surface area contributed by atoms with Crippen molar-refractivity contribution >= 4 is 21.9 Å². The molecule has 2 aromatic rings.